The Morgan fingerprint density at radius 3 is 2.24 bits per heavy atom. The number of hydrogen-bond donors (Lipinski definition) is 3. The van der Waals surface area contributed by atoms with Crippen molar-refractivity contribution in [2.24, 2.45) is 5.73 Å². The Hall–Kier alpha value is -3.32. The molecule has 0 aliphatic carbocycles. The van der Waals surface area contributed by atoms with Crippen LogP contribution < -0.4 is 21.1 Å². The number of ether oxygens (including phenoxy) is 1. The van der Waals surface area contributed by atoms with E-state index in [9.17, 15) is 18.0 Å². The smallest absolute Gasteiger partial charge is 0.406 e. The summed E-state index contributed by atoms with van der Waals surface area (Å²) in [7, 11) is 0. The number of rotatable bonds is 11. The molecule has 0 spiro atoms. The van der Waals surface area contributed by atoms with Crippen LogP contribution in [-0.2, 0) is 24.3 Å². The maximum Gasteiger partial charge on any atom is 0.573 e. The van der Waals surface area contributed by atoms with Crippen molar-refractivity contribution < 1.29 is 22.7 Å². The number of nitrogens with zero attached hydrogens (tertiary/aromatic N) is 3. The Labute approximate surface area is 294 Å². The van der Waals surface area contributed by atoms with Gasteiger partial charge in [-0.05, 0) is 92.4 Å². The zero-order chi connectivity index (χ0) is 34.6. The maximum absolute atomic E-state index is 12.8. The molecule has 6 rings (SSSR count). The molecule has 3 heterocycles. The van der Waals surface area contributed by atoms with Gasteiger partial charge in [0, 0.05) is 78.7 Å². The molecule has 4 aromatic rings. The molecule has 4 N–H and O–H groups in total. The third kappa shape index (κ3) is 8.89. The summed E-state index contributed by atoms with van der Waals surface area (Å²) in [6.45, 7) is 6.96. The number of carbonyl (C=O) groups excluding carboxylic acids is 1. The molecular formula is C36H41Cl2F3N6O2. The number of halogens is 5. The molecule has 262 valence electrons. The van der Waals surface area contributed by atoms with Gasteiger partial charge in [0.1, 0.15) is 5.75 Å². The average Bonchev–Trinajstić information content (AvgIpc) is 3.43. The normalized spacial score (nSPS) is 17.3. The number of piperazine rings is 1. The van der Waals surface area contributed by atoms with E-state index in [2.05, 4.69) is 43.4 Å². The SMILES string of the molecule is NC1(C(=O)NCCCc2cn(-c3ccc(OC(F)(F)F)cc3)c3cc(CN4CCN(Cc5c(Cl)cccc5Cl)CC4)ccc23)CCNCC1. The summed E-state index contributed by atoms with van der Waals surface area (Å²) >= 11 is 12.8. The zero-order valence-electron chi connectivity index (χ0n) is 27.2. The molecular weight excluding hydrogens is 676 g/mol. The van der Waals surface area contributed by atoms with Crippen LogP contribution in [0.15, 0.2) is 66.9 Å². The molecule has 8 nitrogen and oxygen atoms in total. The van der Waals surface area contributed by atoms with Gasteiger partial charge in [-0.1, -0.05) is 41.4 Å². The van der Waals surface area contributed by atoms with Crippen molar-refractivity contribution in [1.82, 2.24) is 25.0 Å². The Kier molecular flexibility index (Phi) is 11.1. The van der Waals surface area contributed by atoms with E-state index in [0.29, 0.717) is 48.8 Å². The summed E-state index contributed by atoms with van der Waals surface area (Å²) < 4.78 is 44.5. The third-order valence-electron chi connectivity index (χ3n) is 9.47. The van der Waals surface area contributed by atoms with Crippen LogP contribution in [0.25, 0.3) is 16.6 Å². The first-order chi connectivity index (χ1) is 23.5. The fraction of sp³-hybridized carbons (Fsp3) is 0.417. The van der Waals surface area contributed by atoms with Crippen molar-refractivity contribution in [3.8, 4) is 11.4 Å². The highest BCUT2D eigenvalue weighted by Crippen LogP contribution is 2.31. The predicted molar refractivity (Wildman–Crippen MR) is 187 cm³/mol. The number of amides is 1. The van der Waals surface area contributed by atoms with Gasteiger partial charge in [-0.15, -0.1) is 13.2 Å². The minimum absolute atomic E-state index is 0.115. The lowest BCUT2D eigenvalue weighted by atomic mass is 9.88. The molecule has 0 radical (unpaired) electrons. The molecule has 2 saturated heterocycles. The first kappa shape index (κ1) is 35.5. The van der Waals surface area contributed by atoms with Gasteiger partial charge >= 0.3 is 6.36 Å². The van der Waals surface area contributed by atoms with Gasteiger partial charge in [0.25, 0.3) is 0 Å². The lowest BCUT2D eigenvalue weighted by Crippen LogP contribution is -2.59. The van der Waals surface area contributed by atoms with Gasteiger partial charge in [-0.2, -0.15) is 0 Å². The van der Waals surface area contributed by atoms with E-state index in [0.717, 1.165) is 79.1 Å². The van der Waals surface area contributed by atoms with E-state index in [1.54, 1.807) is 12.1 Å². The van der Waals surface area contributed by atoms with Gasteiger partial charge < -0.3 is 25.7 Å². The van der Waals surface area contributed by atoms with Crippen LogP contribution in [0, 0.1) is 0 Å². The van der Waals surface area contributed by atoms with Crippen LogP contribution >= 0.6 is 23.2 Å². The van der Waals surface area contributed by atoms with Crippen LogP contribution in [0.1, 0.15) is 36.0 Å². The first-order valence-corrected chi connectivity index (χ1v) is 17.4. The van der Waals surface area contributed by atoms with Crippen molar-refractivity contribution in [3.05, 3.63) is 93.6 Å². The van der Waals surface area contributed by atoms with Crippen molar-refractivity contribution in [2.45, 2.75) is 50.7 Å². The van der Waals surface area contributed by atoms with E-state index >= 15 is 0 Å². The highest BCUT2D eigenvalue weighted by molar-refractivity contribution is 6.35. The molecule has 3 aromatic carbocycles. The second-order valence-electron chi connectivity index (χ2n) is 12.9. The van der Waals surface area contributed by atoms with Crippen molar-refractivity contribution in [2.75, 3.05) is 45.8 Å². The standard InChI is InChI=1S/C36H41Cl2F3N6O2/c37-31-4-1-5-32(38)30(31)24-46-19-17-45(18-20-46)22-25-6-11-29-26(3-2-14-44-34(48)35(42)12-15-43-16-13-35)23-47(33(29)21-25)27-7-9-28(10-8-27)49-36(39,40)41/h1,4-11,21,23,43H,2-3,12-20,22,24,42H2,(H,44,48). The summed E-state index contributed by atoms with van der Waals surface area (Å²) in [5.41, 5.74) is 10.4. The van der Waals surface area contributed by atoms with E-state index in [-0.39, 0.29) is 11.7 Å². The number of fused-ring (bicyclic) bond motifs is 1. The molecule has 2 fully saturated rings. The van der Waals surface area contributed by atoms with Crippen molar-refractivity contribution in [3.63, 3.8) is 0 Å². The highest BCUT2D eigenvalue weighted by atomic mass is 35.5. The number of aryl methyl sites for hydroxylation is 1. The van der Waals surface area contributed by atoms with E-state index in [1.807, 2.05) is 29.0 Å². The molecule has 0 bridgehead atoms. The molecule has 0 unspecified atom stereocenters. The Bertz CT molecular complexity index is 1730. The maximum atomic E-state index is 12.8. The summed E-state index contributed by atoms with van der Waals surface area (Å²) in [6.07, 6.45) is -0.101. The van der Waals surface area contributed by atoms with Crippen molar-refractivity contribution >= 4 is 40.0 Å². The molecule has 2 aliphatic rings. The van der Waals surface area contributed by atoms with E-state index in [4.69, 9.17) is 28.9 Å². The number of aromatic nitrogens is 1. The van der Waals surface area contributed by atoms with E-state index < -0.39 is 11.9 Å². The van der Waals surface area contributed by atoms with Gasteiger partial charge in [0.15, 0.2) is 0 Å². The number of benzene rings is 3. The molecule has 1 amide bonds. The van der Waals surface area contributed by atoms with Gasteiger partial charge in [0.05, 0.1) is 11.1 Å². The lowest BCUT2D eigenvalue weighted by Gasteiger charge is -2.35. The lowest BCUT2D eigenvalue weighted by molar-refractivity contribution is -0.274. The molecule has 1 aromatic heterocycles. The summed E-state index contributed by atoms with van der Waals surface area (Å²) in [5, 5.41) is 8.68. The molecule has 13 heteroatoms. The number of alkyl halides is 3. The van der Waals surface area contributed by atoms with Crippen LogP contribution in [0.3, 0.4) is 0 Å². The van der Waals surface area contributed by atoms with E-state index in [1.165, 1.54) is 12.1 Å². The monoisotopic (exact) mass is 716 g/mol. The topological polar surface area (TPSA) is 87.8 Å². The number of nitrogens with two attached hydrogens (primary N) is 1. The number of carbonyl (C=O) groups is 1. The van der Waals surface area contributed by atoms with Gasteiger partial charge in [0.2, 0.25) is 5.91 Å². The summed E-state index contributed by atoms with van der Waals surface area (Å²) in [6, 6.07) is 17.9. The second kappa shape index (κ2) is 15.3. The number of piperidine rings is 1. The highest BCUT2D eigenvalue weighted by Gasteiger charge is 2.35. The first-order valence-electron chi connectivity index (χ1n) is 16.6. The fourth-order valence-corrected chi connectivity index (χ4v) is 7.21. The summed E-state index contributed by atoms with van der Waals surface area (Å²) in [5.74, 6) is -0.387. The molecule has 49 heavy (non-hydrogen) atoms. The number of hydrogen-bond acceptors (Lipinski definition) is 6. The predicted octanol–water partition coefficient (Wildman–Crippen LogP) is 6.28. The minimum Gasteiger partial charge on any atom is -0.406 e. The zero-order valence-corrected chi connectivity index (χ0v) is 28.7. The molecule has 2 aliphatic heterocycles. The second-order valence-corrected chi connectivity index (χ2v) is 13.8. The van der Waals surface area contributed by atoms with Gasteiger partial charge in [-0.3, -0.25) is 14.6 Å². The van der Waals surface area contributed by atoms with Crippen LogP contribution in [-0.4, -0.2) is 78.0 Å². The molecule has 0 saturated carbocycles. The third-order valence-corrected chi connectivity index (χ3v) is 10.2. The van der Waals surface area contributed by atoms with Crippen LogP contribution in [0.4, 0.5) is 13.2 Å². The Morgan fingerprint density at radius 2 is 1.59 bits per heavy atom. The average molecular weight is 718 g/mol. The quantitative estimate of drug-likeness (QED) is 0.158. The largest absolute Gasteiger partial charge is 0.573 e. The fourth-order valence-electron chi connectivity index (χ4n) is 6.69. The Balaban J connectivity index is 1.15. The van der Waals surface area contributed by atoms with Crippen LogP contribution in [0.2, 0.25) is 10.0 Å². The molecule has 0 atom stereocenters. The Morgan fingerprint density at radius 1 is 0.939 bits per heavy atom. The van der Waals surface area contributed by atoms with Gasteiger partial charge in [-0.25, -0.2) is 0 Å². The van der Waals surface area contributed by atoms with Crippen LogP contribution in [0.5, 0.6) is 5.75 Å². The minimum atomic E-state index is -4.76. The van der Waals surface area contributed by atoms with Crippen molar-refractivity contribution in [1.29, 1.82) is 0 Å². The number of nitrogens with one attached hydrogen (secondary N) is 2. The summed E-state index contributed by atoms with van der Waals surface area (Å²) in [4.78, 5) is 17.6.